The van der Waals surface area contributed by atoms with Crippen molar-refractivity contribution in [3.8, 4) is 11.1 Å². The van der Waals surface area contributed by atoms with E-state index in [9.17, 15) is 48.5 Å². The van der Waals surface area contributed by atoms with Crippen LogP contribution in [-0.2, 0) is 30.4 Å². The number of anilines is 4. The second-order valence-corrected chi connectivity index (χ2v) is 15.2. The van der Waals surface area contributed by atoms with Gasteiger partial charge in [0.2, 0.25) is 11.6 Å². The number of nitrogen functional groups attached to an aromatic ring is 2. The number of hydrogen-bond acceptors (Lipinski definition) is 17. The molecule has 0 aliphatic heterocycles. The summed E-state index contributed by atoms with van der Waals surface area (Å²) >= 11 is 0. The van der Waals surface area contributed by atoms with Gasteiger partial charge in [0, 0.05) is 16.9 Å². The van der Waals surface area contributed by atoms with Gasteiger partial charge in [-0.2, -0.15) is 10.2 Å². The Kier molecular flexibility index (Phi) is 14.9. The van der Waals surface area contributed by atoms with Crippen LogP contribution < -0.4 is 111 Å². The van der Waals surface area contributed by atoms with Crippen molar-refractivity contribution in [3.63, 3.8) is 0 Å². The average molecular weight is 831 g/mol. The Labute approximate surface area is 380 Å². The topological polar surface area (TPSA) is 307 Å². The first-order valence-electron chi connectivity index (χ1n) is 14.4. The van der Waals surface area contributed by atoms with E-state index >= 15 is 0 Å². The van der Waals surface area contributed by atoms with Crippen molar-refractivity contribution in [2.75, 3.05) is 22.3 Å². The number of carbonyl (C=O) groups excluding carboxylic acids is 2. The number of allylic oxidation sites excluding steroid dienone is 2. The maximum Gasteiger partial charge on any atom is 1.00 e. The minimum atomic E-state index is -5.33. The van der Waals surface area contributed by atoms with Crippen molar-refractivity contribution in [2.24, 2.45) is 10.2 Å². The molecule has 0 saturated heterocycles. The summed E-state index contributed by atoms with van der Waals surface area (Å²) < 4.78 is 106. The number of benzene rings is 4. The molecule has 0 heterocycles. The van der Waals surface area contributed by atoms with Crippen LogP contribution in [0.15, 0.2) is 104 Å². The van der Waals surface area contributed by atoms with Crippen LogP contribution >= 0.6 is 0 Å². The summed E-state index contributed by atoms with van der Waals surface area (Å²) in [5, 5.41) is 7.75. The van der Waals surface area contributed by atoms with Crippen molar-refractivity contribution < 1.29 is 137 Å². The zero-order valence-electron chi connectivity index (χ0n) is 28.9. The van der Waals surface area contributed by atoms with Gasteiger partial charge in [0.25, 0.3) is 0 Å². The van der Waals surface area contributed by atoms with Crippen LogP contribution in [-0.4, -0.2) is 61.9 Å². The number of hydrogen-bond donors (Lipinski definition) is 4. The quantitative estimate of drug-likeness (QED) is 0.0556. The van der Waals surface area contributed by atoms with E-state index in [2.05, 4.69) is 21.1 Å². The average Bonchev–Trinajstić information content (AvgIpc) is 3.06. The Morgan fingerprint density at radius 3 is 1.45 bits per heavy atom. The fourth-order valence-corrected chi connectivity index (χ4v) is 7.11. The van der Waals surface area contributed by atoms with Crippen LogP contribution in [0.1, 0.15) is 31.8 Å². The van der Waals surface area contributed by atoms with Gasteiger partial charge in [0.05, 0.1) is 31.6 Å². The number of nitrogens with two attached hydrogens (primary N) is 2. The summed E-state index contributed by atoms with van der Waals surface area (Å²) in [6.45, 7) is 0. The summed E-state index contributed by atoms with van der Waals surface area (Å²) in [5.41, 5.74) is 16.5. The Bertz CT molecular complexity index is 2700. The maximum atomic E-state index is 13.2. The first-order chi connectivity index (χ1) is 24.3. The van der Waals surface area contributed by atoms with Crippen molar-refractivity contribution >= 4 is 88.2 Å². The zero-order valence-corrected chi connectivity index (χ0v) is 37.4. The molecule has 0 spiro atoms. The molecule has 0 aromatic heterocycles. The second kappa shape index (κ2) is 17.6. The van der Waals surface area contributed by atoms with Crippen LogP contribution in [0.2, 0.25) is 0 Å². The Balaban J connectivity index is 0.00000271. The predicted molar refractivity (Wildman–Crippen MR) is 188 cm³/mol. The van der Waals surface area contributed by atoms with Crippen LogP contribution in [0.5, 0.6) is 0 Å². The molecular formula is C32H21N6Na3O11S3. The first-order valence-corrected chi connectivity index (χ1v) is 18.7. The van der Waals surface area contributed by atoms with Crippen LogP contribution in [0.25, 0.3) is 23.3 Å². The normalized spacial score (nSPS) is 15.3. The van der Waals surface area contributed by atoms with Crippen LogP contribution in [0, 0.1) is 0 Å². The largest absolute Gasteiger partial charge is 1.00 e. The SMILES string of the molecule is Nc1ccc2c(c1)C(=O)C(=NNc1ccc(-c3ccc(NN=C4C(=O)c5c(N)cc(S(=O)(=O)[O-])cc5C=C4S(=O)(=O)[O-])cc3)cc1)C(S(=O)(=O)[O-])=C2.[Na+].[Na+].[Na+]. The molecule has 6 N–H and O–H groups in total. The van der Waals surface area contributed by atoms with E-state index in [1.54, 1.807) is 36.4 Å². The predicted octanol–water partition coefficient (Wildman–Crippen LogP) is -6.46. The molecule has 55 heavy (non-hydrogen) atoms. The molecule has 0 bridgehead atoms. The van der Waals surface area contributed by atoms with E-state index in [4.69, 9.17) is 11.5 Å². The third-order valence-corrected chi connectivity index (χ3v) is 10.2. The summed E-state index contributed by atoms with van der Waals surface area (Å²) in [7, 11) is -15.4. The monoisotopic (exact) mass is 830 g/mol. The molecule has 23 heteroatoms. The van der Waals surface area contributed by atoms with Gasteiger partial charge in [-0.25, -0.2) is 25.3 Å². The molecule has 0 radical (unpaired) electrons. The molecule has 266 valence electrons. The molecule has 6 rings (SSSR count). The minimum Gasteiger partial charge on any atom is -0.744 e. The van der Waals surface area contributed by atoms with E-state index < -0.39 is 73.7 Å². The summed E-state index contributed by atoms with van der Waals surface area (Å²) in [5.74, 6) is -1.91. The van der Waals surface area contributed by atoms with Gasteiger partial charge >= 0.3 is 88.7 Å². The van der Waals surface area contributed by atoms with Gasteiger partial charge in [-0.1, -0.05) is 30.3 Å². The minimum absolute atomic E-state index is 0. The van der Waals surface area contributed by atoms with Crippen LogP contribution in [0.3, 0.4) is 0 Å². The Morgan fingerprint density at radius 2 is 1.00 bits per heavy atom. The van der Waals surface area contributed by atoms with E-state index in [0.717, 1.165) is 18.2 Å². The molecule has 0 saturated carbocycles. The fraction of sp³-hybridized carbons (Fsp3) is 0. The molecule has 4 aromatic carbocycles. The fourth-order valence-electron chi connectivity index (χ4n) is 5.27. The summed E-state index contributed by atoms with van der Waals surface area (Å²) in [4.78, 5) is 23.6. The van der Waals surface area contributed by atoms with Crippen molar-refractivity contribution in [2.45, 2.75) is 4.90 Å². The second-order valence-electron chi connectivity index (χ2n) is 11.2. The van der Waals surface area contributed by atoms with E-state index in [1.165, 1.54) is 30.3 Å². The molecule has 2 aliphatic carbocycles. The number of rotatable bonds is 8. The third-order valence-electron chi connectivity index (χ3n) is 7.72. The summed E-state index contributed by atoms with van der Waals surface area (Å²) in [6.07, 6.45) is 1.76. The summed E-state index contributed by atoms with van der Waals surface area (Å²) in [6, 6.07) is 18.5. The molecule has 17 nitrogen and oxygen atoms in total. The van der Waals surface area contributed by atoms with Gasteiger partial charge in [-0.15, -0.1) is 0 Å². The number of Topliss-reactive ketones (excluding diaryl/α,β-unsaturated/α-hetero) is 2. The number of nitrogens with zero attached hydrogens (tertiary/aromatic N) is 2. The molecule has 0 fully saturated rings. The van der Waals surface area contributed by atoms with Gasteiger partial charge in [-0.3, -0.25) is 20.4 Å². The molecule has 4 aromatic rings. The molecule has 0 atom stereocenters. The Morgan fingerprint density at radius 1 is 0.545 bits per heavy atom. The number of ketones is 2. The maximum absolute atomic E-state index is 13.2. The van der Waals surface area contributed by atoms with Crippen molar-refractivity contribution in [3.05, 3.63) is 111 Å². The Hall–Kier alpha value is -3.03. The third kappa shape index (κ3) is 10.1. The number of carbonyl (C=O) groups is 2. The smallest absolute Gasteiger partial charge is 0.744 e. The first kappa shape index (κ1) is 46.4. The number of hydrazone groups is 2. The zero-order chi connectivity index (χ0) is 37.7. The van der Waals surface area contributed by atoms with Gasteiger partial charge in [0.15, 0.2) is 0 Å². The standard InChI is InChI=1S/C32H24N6O11S3.3Na/c33-20-6-1-18-12-26(51(44,45)46)29(31(39)24(18)14-20)37-35-21-7-2-16(3-8-21)17-4-9-22(10-5-17)36-38-30-27(52(47,48)49)13-19-11-23(50(41,42)43)15-25(34)28(19)32(30)40;;;/h1-15,35-36H,33-34H2,(H,41,42,43)(H,44,45,46)(H,47,48,49);;;/q;3*+1/p-3. The van der Waals surface area contributed by atoms with Crippen molar-refractivity contribution in [1.82, 2.24) is 0 Å². The van der Waals surface area contributed by atoms with E-state index in [-0.39, 0.29) is 122 Å². The van der Waals surface area contributed by atoms with Gasteiger partial charge in [0.1, 0.15) is 41.8 Å². The van der Waals surface area contributed by atoms with E-state index in [1.807, 2.05) is 0 Å². The van der Waals surface area contributed by atoms with Gasteiger partial charge in [-0.05, 0) is 82.9 Å². The molecule has 0 unspecified atom stereocenters. The molecule has 0 amide bonds. The van der Waals surface area contributed by atoms with Crippen molar-refractivity contribution in [1.29, 1.82) is 0 Å². The number of fused-ring (bicyclic) bond motifs is 2. The molecule has 2 aliphatic rings. The molecular weight excluding hydrogens is 810 g/mol. The van der Waals surface area contributed by atoms with E-state index in [0.29, 0.717) is 22.9 Å². The van der Waals surface area contributed by atoms with Gasteiger partial charge < -0.3 is 25.1 Å². The van der Waals surface area contributed by atoms with Crippen LogP contribution in [0.4, 0.5) is 22.7 Å². The number of nitrogens with one attached hydrogen (secondary N) is 2.